The minimum Gasteiger partial charge on any atom is -0.457 e. The molecule has 0 radical (unpaired) electrons. The molecule has 0 spiro atoms. The van der Waals surface area contributed by atoms with Gasteiger partial charge in [-0.15, -0.1) is 0 Å². The summed E-state index contributed by atoms with van der Waals surface area (Å²) in [5.74, 6) is 0.0547. The molecule has 0 bridgehead atoms. The number of nitro benzene ring substituents is 1. The van der Waals surface area contributed by atoms with Crippen LogP contribution in [-0.2, 0) is 4.79 Å². The molecule has 0 saturated heterocycles. The van der Waals surface area contributed by atoms with Crippen LogP contribution < -0.4 is 0 Å². The first kappa shape index (κ1) is 20.6. The Morgan fingerprint density at radius 3 is 2.67 bits per heavy atom. The van der Waals surface area contributed by atoms with E-state index in [-0.39, 0.29) is 17.1 Å². The van der Waals surface area contributed by atoms with E-state index in [1.807, 2.05) is 31.2 Å². The summed E-state index contributed by atoms with van der Waals surface area (Å²) >= 11 is 1.23. The second-order valence-corrected chi connectivity index (χ2v) is 8.26. The molecule has 5 rings (SSSR count). The van der Waals surface area contributed by atoms with Crippen molar-refractivity contribution in [3.8, 4) is 11.3 Å². The molecule has 33 heavy (non-hydrogen) atoms. The van der Waals surface area contributed by atoms with Gasteiger partial charge < -0.3 is 4.42 Å². The maximum absolute atomic E-state index is 12.6. The van der Waals surface area contributed by atoms with Crippen LogP contribution in [0, 0.1) is 22.4 Å². The Labute approximate surface area is 191 Å². The monoisotopic (exact) mass is 457 g/mol. The SMILES string of the molecule is Cc1ccc(C2=NN3C(=N)/C(=C/c4ccc(-c5cccc([N+](=O)[O-])c5)o4)C(=O)N=C3S2)cc1. The molecule has 0 unspecified atom stereocenters. The van der Waals surface area contributed by atoms with Gasteiger partial charge in [-0.25, -0.2) is 0 Å². The standard InChI is InChI=1S/C23H15N5O4S/c1-13-5-7-14(8-6-13)22-26-27-20(24)18(21(29)25-23(27)33-22)12-17-9-10-19(32-17)15-3-2-4-16(11-15)28(30)31/h2-12,24H,1H3/b18-12-,24-20?. The van der Waals surface area contributed by atoms with Gasteiger partial charge in [0.05, 0.1) is 10.5 Å². The Kier molecular flexibility index (Phi) is 4.98. The van der Waals surface area contributed by atoms with E-state index in [1.54, 1.807) is 24.3 Å². The smallest absolute Gasteiger partial charge is 0.283 e. The molecule has 9 nitrogen and oxygen atoms in total. The number of nitro groups is 1. The molecule has 2 aliphatic rings. The van der Waals surface area contributed by atoms with E-state index in [4.69, 9.17) is 9.83 Å². The van der Waals surface area contributed by atoms with Gasteiger partial charge in [0, 0.05) is 23.3 Å². The van der Waals surface area contributed by atoms with E-state index in [2.05, 4.69) is 10.1 Å². The number of carbonyl (C=O) groups is 1. The Balaban J connectivity index is 1.43. The first-order valence-electron chi connectivity index (χ1n) is 9.81. The van der Waals surface area contributed by atoms with E-state index in [1.165, 1.54) is 35.0 Å². The first-order valence-corrected chi connectivity index (χ1v) is 10.6. The summed E-state index contributed by atoms with van der Waals surface area (Å²) in [5.41, 5.74) is 2.51. The highest BCUT2D eigenvalue weighted by Gasteiger charge is 2.36. The van der Waals surface area contributed by atoms with Gasteiger partial charge in [0.1, 0.15) is 16.6 Å². The summed E-state index contributed by atoms with van der Waals surface area (Å²) in [5, 5.41) is 26.3. The lowest BCUT2D eigenvalue weighted by Crippen LogP contribution is -2.35. The molecular weight excluding hydrogens is 442 g/mol. The second-order valence-electron chi connectivity index (χ2n) is 7.30. The number of benzene rings is 2. The third kappa shape index (κ3) is 3.87. The molecule has 162 valence electrons. The molecular formula is C23H15N5O4S. The lowest BCUT2D eigenvalue weighted by molar-refractivity contribution is -0.384. The average molecular weight is 457 g/mol. The van der Waals surface area contributed by atoms with Gasteiger partial charge in [-0.2, -0.15) is 15.1 Å². The number of aryl methyl sites for hydroxylation is 1. The number of rotatable bonds is 4. The zero-order valence-electron chi connectivity index (χ0n) is 17.2. The van der Waals surface area contributed by atoms with Crippen molar-refractivity contribution in [2.45, 2.75) is 6.92 Å². The molecule has 1 amide bonds. The van der Waals surface area contributed by atoms with Gasteiger partial charge >= 0.3 is 0 Å². The van der Waals surface area contributed by atoms with Crippen LogP contribution in [0.3, 0.4) is 0 Å². The number of furan rings is 1. The number of hydrogen-bond acceptors (Lipinski definition) is 7. The summed E-state index contributed by atoms with van der Waals surface area (Å²) in [6.45, 7) is 1.99. The van der Waals surface area contributed by atoms with Crippen molar-refractivity contribution in [1.82, 2.24) is 5.01 Å². The number of fused-ring (bicyclic) bond motifs is 1. The van der Waals surface area contributed by atoms with Crippen molar-refractivity contribution in [1.29, 1.82) is 5.41 Å². The number of hydrazone groups is 1. The third-order valence-corrected chi connectivity index (χ3v) is 5.97. The molecule has 1 aromatic heterocycles. The number of amidine groups is 2. The van der Waals surface area contributed by atoms with Gasteiger partial charge in [0.2, 0.25) is 5.17 Å². The van der Waals surface area contributed by atoms with Gasteiger partial charge in [0.25, 0.3) is 11.6 Å². The summed E-state index contributed by atoms with van der Waals surface area (Å²) in [7, 11) is 0. The molecule has 0 saturated carbocycles. The number of carbonyl (C=O) groups excluding carboxylic acids is 1. The Hall–Kier alpha value is -4.31. The molecule has 10 heteroatoms. The Morgan fingerprint density at radius 2 is 1.91 bits per heavy atom. The van der Waals surface area contributed by atoms with Gasteiger partial charge in [0.15, 0.2) is 5.84 Å². The molecule has 0 aliphatic carbocycles. The van der Waals surface area contributed by atoms with Crippen LogP contribution in [0.2, 0.25) is 0 Å². The molecule has 0 atom stereocenters. The summed E-state index contributed by atoms with van der Waals surface area (Å²) < 4.78 is 5.76. The van der Waals surface area contributed by atoms with Crippen LogP contribution in [0.15, 0.2) is 80.7 Å². The minimum absolute atomic E-state index is 0.0354. The van der Waals surface area contributed by atoms with Crippen molar-refractivity contribution >= 4 is 45.5 Å². The number of amides is 1. The number of nitrogens with one attached hydrogen (secondary N) is 1. The molecule has 2 aromatic carbocycles. The fourth-order valence-electron chi connectivity index (χ4n) is 3.31. The lowest BCUT2D eigenvalue weighted by atomic mass is 10.1. The number of hydrogen-bond donors (Lipinski definition) is 1. The maximum atomic E-state index is 12.6. The molecule has 1 N–H and O–H groups in total. The van der Waals surface area contributed by atoms with Crippen molar-refractivity contribution in [2.24, 2.45) is 10.1 Å². The maximum Gasteiger partial charge on any atom is 0.283 e. The van der Waals surface area contributed by atoms with Crippen LogP contribution in [0.25, 0.3) is 17.4 Å². The molecule has 0 fully saturated rings. The highest BCUT2D eigenvalue weighted by molar-refractivity contribution is 8.27. The van der Waals surface area contributed by atoms with Crippen LogP contribution in [0.5, 0.6) is 0 Å². The third-order valence-electron chi connectivity index (χ3n) is 5.01. The van der Waals surface area contributed by atoms with Gasteiger partial charge in [-0.1, -0.05) is 42.0 Å². The Bertz CT molecular complexity index is 1420. The lowest BCUT2D eigenvalue weighted by Gasteiger charge is -2.19. The fraction of sp³-hybridized carbons (Fsp3) is 0.0435. The van der Waals surface area contributed by atoms with Gasteiger partial charge in [-0.05, 0) is 36.9 Å². The molecule has 3 heterocycles. The number of nitrogens with zero attached hydrogens (tertiary/aromatic N) is 4. The van der Waals surface area contributed by atoms with Crippen molar-refractivity contribution in [2.75, 3.05) is 0 Å². The molecule has 3 aromatic rings. The number of aliphatic imine (C=N–C) groups is 1. The van der Waals surface area contributed by atoms with E-state index >= 15 is 0 Å². The predicted octanol–water partition coefficient (Wildman–Crippen LogP) is 4.83. The Morgan fingerprint density at radius 1 is 1.12 bits per heavy atom. The summed E-state index contributed by atoms with van der Waals surface area (Å²) in [4.78, 5) is 27.3. The highest BCUT2D eigenvalue weighted by atomic mass is 32.2. The number of non-ortho nitro benzene ring substituents is 1. The van der Waals surface area contributed by atoms with E-state index in [0.717, 1.165) is 11.1 Å². The van der Waals surface area contributed by atoms with Crippen molar-refractivity contribution in [3.63, 3.8) is 0 Å². The summed E-state index contributed by atoms with van der Waals surface area (Å²) in [6, 6.07) is 17.1. The van der Waals surface area contributed by atoms with E-state index < -0.39 is 10.8 Å². The van der Waals surface area contributed by atoms with Crippen molar-refractivity contribution in [3.05, 3.63) is 93.2 Å². The molecule has 2 aliphatic heterocycles. The van der Waals surface area contributed by atoms with Gasteiger partial charge in [-0.3, -0.25) is 20.3 Å². The quantitative estimate of drug-likeness (QED) is 0.340. The zero-order chi connectivity index (χ0) is 23.1. The zero-order valence-corrected chi connectivity index (χ0v) is 18.0. The first-order chi connectivity index (χ1) is 15.9. The van der Waals surface area contributed by atoms with Crippen LogP contribution in [-0.4, -0.2) is 31.9 Å². The van der Waals surface area contributed by atoms with E-state index in [0.29, 0.717) is 27.3 Å². The summed E-state index contributed by atoms with van der Waals surface area (Å²) in [6.07, 6.45) is 1.43. The van der Waals surface area contributed by atoms with Crippen molar-refractivity contribution < 1.29 is 14.1 Å². The highest BCUT2D eigenvalue weighted by Crippen LogP contribution is 2.32. The van der Waals surface area contributed by atoms with Crippen LogP contribution >= 0.6 is 11.8 Å². The van der Waals surface area contributed by atoms with Crippen LogP contribution in [0.4, 0.5) is 5.69 Å². The average Bonchev–Trinajstić information content (AvgIpc) is 3.45. The predicted molar refractivity (Wildman–Crippen MR) is 126 cm³/mol. The van der Waals surface area contributed by atoms with E-state index in [9.17, 15) is 14.9 Å². The minimum atomic E-state index is -0.563. The van der Waals surface area contributed by atoms with Crippen LogP contribution in [0.1, 0.15) is 16.9 Å². The fourth-order valence-corrected chi connectivity index (χ4v) is 4.20. The second kappa shape index (κ2) is 7.99. The number of thioether (sulfide) groups is 1. The largest absolute Gasteiger partial charge is 0.457 e. The topological polar surface area (TPSA) is 125 Å². The normalized spacial score (nSPS) is 16.6.